The zero-order valence-electron chi connectivity index (χ0n) is 17.7. The first-order valence-corrected chi connectivity index (χ1v) is 13.1. The van der Waals surface area contributed by atoms with Crippen molar-refractivity contribution in [1.82, 2.24) is 5.32 Å². The number of hydrogen-bond acceptors (Lipinski definition) is 6. The largest absolute Gasteiger partial charge is 0.378 e. The Kier molecular flexibility index (Phi) is 7.24. The molecule has 168 valence electrons. The van der Waals surface area contributed by atoms with E-state index in [9.17, 15) is 13.2 Å². The topological polar surface area (TPSA) is 75.7 Å². The third-order valence-corrected chi connectivity index (χ3v) is 8.31. The van der Waals surface area contributed by atoms with Crippen molar-refractivity contribution in [3.8, 4) is 11.1 Å². The van der Waals surface area contributed by atoms with E-state index < -0.39 is 9.84 Å². The van der Waals surface area contributed by atoms with Crippen LogP contribution in [0.1, 0.15) is 16.1 Å². The fraction of sp³-hybridized carbons (Fsp3) is 0.292. The lowest BCUT2D eigenvalue weighted by Crippen LogP contribution is -2.35. The summed E-state index contributed by atoms with van der Waals surface area (Å²) in [5.41, 5.74) is 2.10. The summed E-state index contributed by atoms with van der Waals surface area (Å²) in [4.78, 5) is 16.0. The summed E-state index contributed by atoms with van der Waals surface area (Å²) in [5.74, 6) is -0.181. The molecule has 0 aliphatic carbocycles. The molecular formula is C24H26N2O4S2. The molecule has 1 aliphatic heterocycles. The van der Waals surface area contributed by atoms with E-state index in [0.29, 0.717) is 36.0 Å². The zero-order valence-corrected chi connectivity index (χ0v) is 19.3. The van der Waals surface area contributed by atoms with Crippen LogP contribution < -0.4 is 10.2 Å². The van der Waals surface area contributed by atoms with Gasteiger partial charge in [0, 0.05) is 25.2 Å². The fourth-order valence-electron chi connectivity index (χ4n) is 3.62. The first kappa shape index (κ1) is 22.5. The van der Waals surface area contributed by atoms with Gasteiger partial charge in [0.1, 0.15) is 0 Å². The number of anilines is 1. The maximum atomic E-state index is 12.8. The van der Waals surface area contributed by atoms with Crippen LogP contribution in [0.3, 0.4) is 0 Å². The van der Waals surface area contributed by atoms with Crippen LogP contribution in [0.5, 0.6) is 0 Å². The van der Waals surface area contributed by atoms with Gasteiger partial charge >= 0.3 is 0 Å². The molecule has 0 spiro atoms. The Bertz CT molecular complexity index is 1140. The van der Waals surface area contributed by atoms with Crippen LogP contribution in [0.15, 0.2) is 71.6 Å². The molecule has 3 aromatic rings. The van der Waals surface area contributed by atoms with Crippen molar-refractivity contribution in [2.75, 3.05) is 43.5 Å². The molecule has 4 rings (SSSR count). The smallest absolute Gasteiger partial charge is 0.261 e. The number of carbonyl (C=O) groups is 1. The van der Waals surface area contributed by atoms with Gasteiger partial charge in [-0.1, -0.05) is 48.5 Å². The molecule has 1 N–H and O–H groups in total. The molecule has 1 saturated heterocycles. The predicted molar refractivity (Wildman–Crippen MR) is 128 cm³/mol. The molecule has 0 bridgehead atoms. The van der Waals surface area contributed by atoms with Crippen molar-refractivity contribution < 1.29 is 17.9 Å². The van der Waals surface area contributed by atoms with E-state index in [1.165, 1.54) is 11.3 Å². The number of nitrogens with zero attached hydrogens (tertiary/aromatic N) is 1. The van der Waals surface area contributed by atoms with Crippen molar-refractivity contribution in [3.63, 3.8) is 0 Å². The summed E-state index contributed by atoms with van der Waals surface area (Å²) in [7, 11) is -3.34. The van der Waals surface area contributed by atoms with Crippen LogP contribution in [0.4, 0.5) is 5.00 Å². The molecule has 1 fully saturated rings. The van der Waals surface area contributed by atoms with Gasteiger partial charge in [0.15, 0.2) is 9.84 Å². The van der Waals surface area contributed by atoms with Crippen molar-refractivity contribution in [3.05, 3.63) is 71.6 Å². The van der Waals surface area contributed by atoms with Gasteiger partial charge in [-0.25, -0.2) is 8.42 Å². The number of amides is 1. The second-order valence-corrected chi connectivity index (χ2v) is 10.7. The fourth-order valence-corrected chi connectivity index (χ4v) is 6.10. The Labute approximate surface area is 192 Å². The molecule has 32 heavy (non-hydrogen) atoms. The molecule has 1 amide bonds. The first-order valence-electron chi connectivity index (χ1n) is 10.6. The van der Waals surface area contributed by atoms with E-state index >= 15 is 0 Å². The van der Waals surface area contributed by atoms with Crippen LogP contribution in [0.25, 0.3) is 11.1 Å². The Morgan fingerprint density at radius 2 is 1.66 bits per heavy atom. The molecule has 1 aliphatic rings. The number of nitrogens with one attached hydrogen (secondary N) is 1. The predicted octanol–water partition coefficient (Wildman–Crippen LogP) is 3.85. The van der Waals surface area contributed by atoms with Gasteiger partial charge in [-0.2, -0.15) is 0 Å². The minimum Gasteiger partial charge on any atom is -0.378 e. The number of ether oxygens (including phenoxy) is 1. The second-order valence-electron chi connectivity index (χ2n) is 7.54. The van der Waals surface area contributed by atoms with Crippen molar-refractivity contribution in [2.24, 2.45) is 0 Å². The molecule has 2 heterocycles. The minimum atomic E-state index is -3.34. The molecule has 8 heteroatoms. The summed E-state index contributed by atoms with van der Waals surface area (Å²) >= 11 is 1.47. The molecule has 0 saturated carbocycles. The van der Waals surface area contributed by atoms with Gasteiger partial charge in [-0.15, -0.1) is 11.3 Å². The average molecular weight is 471 g/mol. The molecule has 0 unspecified atom stereocenters. The summed E-state index contributed by atoms with van der Waals surface area (Å²) < 4.78 is 30.3. The monoisotopic (exact) mass is 470 g/mol. The van der Waals surface area contributed by atoms with Gasteiger partial charge in [0.05, 0.1) is 33.7 Å². The summed E-state index contributed by atoms with van der Waals surface area (Å²) in [6.07, 6.45) is 0.357. The van der Waals surface area contributed by atoms with E-state index in [1.54, 1.807) is 30.3 Å². The van der Waals surface area contributed by atoms with Crippen LogP contribution in [-0.4, -0.2) is 52.9 Å². The molecule has 6 nitrogen and oxygen atoms in total. The lowest BCUT2D eigenvalue weighted by Gasteiger charge is -2.28. The van der Waals surface area contributed by atoms with E-state index in [0.717, 1.165) is 29.2 Å². The quantitative estimate of drug-likeness (QED) is 0.506. The van der Waals surface area contributed by atoms with Gasteiger partial charge in [-0.3, -0.25) is 4.79 Å². The van der Waals surface area contributed by atoms with Gasteiger partial charge < -0.3 is 15.0 Å². The van der Waals surface area contributed by atoms with Crippen LogP contribution in [0, 0.1) is 0 Å². The van der Waals surface area contributed by atoms with Crippen LogP contribution in [-0.2, 0) is 14.6 Å². The Morgan fingerprint density at radius 1 is 1.00 bits per heavy atom. The van der Waals surface area contributed by atoms with E-state index in [2.05, 4.69) is 10.2 Å². The summed E-state index contributed by atoms with van der Waals surface area (Å²) in [6.45, 7) is 3.22. The Hall–Kier alpha value is -2.68. The second kappa shape index (κ2) is 10.3. The first-order chi connectivity index (χ1) is 15.5. The highest BCUT2D eigenvalue weighted by Crippen LogP contribution is 2.39. The maximum absolute atomic E-state index is 12.8. The maximum Gasteiger partial charge on any atom is 0.261 e. The zero-order chi connectivity index (χ0) is 22.4. The standard InChI is InChI=1S/C24H26N2O4S2/c27-23(25-12-7-17-32(28,29)20-10-5-2-6-11-20)22-18-21(19-8-3-1-4-9-19)24(31-22)26-13-15-30-16-14-26/h1-6,8-11,18H,7,12-17H2,(H,25,27). The van der Waals surface area contributed by atoms with E-state index in [4.69, 9.17) is 4.74 Å². The molecule has 1 aromatic heterocycles. The number of sulfone groups is 1. The van der Waals surface area contributed by atoms with Crippen molar-refractivity contribution in [2.45, 2.75) is 11.3 Å². The van der Waals surface area contributed by atoms with E-state index in [-0.39, 0.29) is 11.7 Å². The number of benzene rings is 2. The van der Waals surface area contributed by atoms with Crippen molar-refractivity contribution in [1.29, 1.82) is 0 Å². The number of rotatable bonds is 8. The third kappa shape index (κ3) is 5.38. The molecule has 0 radical (unpaired) electrons. The highest BCUT2D eigenvalue weighted by Gasteiger charge is 2.22. The Morgan fingerprint density at radius 3 is 2.34 bits per heavy atom. The lowest BCUT2D eigenvalue weighted by atomic mass is 10.1. The average Bonchev–Trinajstić information content (AvgIpc) is 3.29. The molecular weight excluding hydrogens is 444 g/mol. The van der Waals surface area contributed by atoms with E-state index in [1.807, 2.05) is 36.4 Å². The highest BCUT2D eigenvalue weighted by molar-refractivity contribution is 7.91. The van der Waals surface area contributed by atoms with Crippen molar-refractivity contribution >= 4 is 32.1 Å². The van der Waals surface area contributed by atoms with Crippen LogP contribution >= 0.6 is 11.3 Å². The number of morpholine rings is 1. The normalized spacial score (nSPS) is 14.3. The van der Waals surface area contributed by atoms with Gasteiger partial charge in [0.2, 0.25) is 0 Å². The number of thiophene rings is 1. The third-order valence-electron chi connectivity index (χ3n) is 5.30. The highest BCUT2D eigenvalue weighted by atomic mass is 32.2. The molecule has 0 atom stereocenters. The summed E-state index contributed by atoms with van der Waals surface area (Å²) in [5, 5.41) is 3.95. The number of carbonyl (C=O) groups excluding carboxylic acids is 1. The number of hydrogen-bond donors (Lipinski definition) is 1. The minimum absolute atomic E-state index is 0.00394. The van der Waals surface area contributed by atoms with Crippen LogP contribution in [0.2, 0.25) is 0 Å². The SMILES string of the molecule is O=C(NCCCS(=O)(=O)c1ccccc1)c1cc(-c2ccccc2)c(N2CCOCC2)s1. The van der Waals surface area contributed by atoms with Gasteiger partial charge in [-0.05, 0) is 30.2 Å². The Balaban J connectivity index is 1.42. The summed E-state index contributed by atoms with van der Waals surface area (Å²) in [6, 6.07) is 20.4. The lowest BCUT2D eigenvalue weighted by molar-refractivity contribution is 0.0957. The van der Waals surface area contributed by atoms with Gasteiger partial charge in [0.25, 0.3) is 5.91 Å². The molecule has 2 aromatic carbocycles.